The second kappa shape index (κ2) is 8.12. The summed E-state index contributed by atoms with van der Waals surface area (Å²) < 4.78 is 0. The largest absolute Gasteiger partial charge is 0.326 e. The van der Waals surface area contributed by atoms with Crippen LogP contribution in [0.1, 0.15) is 18.4 Å². The Bertz CT molecular complexity index is 778. The molecule has 6 nitrogen and oxygen atoms in total. The molecule has 2 atom stereocenters. The molecule has 0 unspecified atom stereocenters. The van der Waals surface area contributed by atoms with Gasteiger partial charge in [0.05, 0.1) is 6.54 Å². The van der Waals surface area contributed by atoms with Crippen molar-refractivity contribution >= 4 is 23.2 Å². The minimum atomic E-state index is -0.147. The number of nitrogens with one attached hydrogen (secondary N) is 2. The highest BCUT2D eigenvalue weighted by Crippen LogP contribution is 2.26. The molecular formula is C20H24N4O2. The van der Waals surface area contributed by atoms with Gasteiger partial charge in [-0.1, -0.05) is 36.4 Å². The third kappa shape index (κ3) is 4.68. The summed E-state index contributed by atoms with van der Waals surface area (Å²) in [5, 5.41) is 5.58. The summed E-state index contributed by atoms with van der Waals surface area (Å²) in [6.07, 6.45) is 0. The van der Waals surface area contributed by atoms with Crippen LogP contribution in [-0.2, 0) is 9.59 Å². The van der Waals surface area contributed by atoms with Crippen molar-refractivity contribution in [3.8, 4) is 0 Å². The fourth-order valence-corrected chi connectivity index (χ4v) is 3.38. The van der Waals surface area contributed by atoms with Crippen LogP contribution in [0.4, 0.5) is 11.4 Å². The number of amides is 2. The highest BCUT2D eigenvalue weighted by atomic mass is 16.2. The number of carbonyl (C=O) groups is 2. The lowest BCUT2D eigenvalue weighted by atomic mass is 9.95. The predicted molar refractivity (Wildman–Crippen MR) is 103 cm³/mol. The number of likely N-dealkylation sites (tertiary alicyclic amines) is 1. The van der Waals surface area contributed by atoms with E-state index in [1.807, 2.05) is 18.2 Å². The number of nitrogens with two attached hydrogens (primary N) is 1. The standard InChI is InChI=1S/C20H24N4O2/c1-14(25)22-16-8-5-9-17(10-16)23-20(26)13-24-11-18(19(21)12-24)15-6-3-2-4-7-15/h2-10,18-19H,11-13,21H2,1H3,(H,22,25)(H,23,26)/t18-,19+/m0/s1. The van der Waals surface area contributed by atoms with Crippen molar-refractivity contribution in [3.63, 3.8) is 0 Å². The Kier molecular flexibility index (Phi) is 5.65. The fourth-order valence-electron chi connectivity index (χ4n) is 3.38. The van der Waals surface area contributed by atoms with Crippen LogP contribution in [0.3, 0.4) is 0 Å². The van der Waals surface area contributed by atoms with Crippen LogP contribution in [0.5, 0.6) is 0 Å². The van der Waals surface area contributed by atoms with Crippen molar-refractivity contribution in [1.82, 2.24) is 4.90 Å². The van der Waals surface area contributed by atoms with Crippen LogP contribution >= 0.6 is 0 Å². The summed E-state index contributed by atoms with van der Waals surface area (Å²) in [7, 11) is 0. The molecule has 2 amide bonds. The molecule has 26 heavy (non-hydrogen) atoms. The molecule has 0 bridgehead atoms. The first-order valence-corrected chi connectivity index (χ1v) is 8.71. The molecule has 2 aromatic carbocycles. The topological polar surface area (TPSA) is 87.5 Å². The summed E-state index contributed by atoms with van der Waals surface area (Å²) >= 11 is 0. The molecule has 3 rings (SSSR count). The van der Waals surface area contributed by atoms with Crippen LogP contribution < -0.4 is 16.4 Å². The maximum atomic E-state index is 12.4. The van der Waals surface area contributed by atoms with E-state index in [0.29, 0.717) is 24.5 Å². The summed E-state index contributed by atoms with van der Waals surface area (Å²) in [4.78, 5) is 25.6. The van der Waals surface area contributed by atoms with Gasteiger partial charge in [-0.25, -0.2) is 0 Å². The summed E-state index contributed by atoms with van der Waals surface area (Å²) in [5.41, 5.74) is 8.81. The van der Waals surface area contributed by atoms with Crippen molar-refractivity contribution in [2.45, 2.75) is 18.9 Å². The molecule has 1 fully saturated rings. The first kappa shape index (κ1) is 18.1. The molecular weight excluding hydrogens is 328 g/mol. The van der Waals surface area contributed by atoms with E-state index in [1.165, 1.54) is 12.5 Å². The Morgan fingerprint density at radius 2 is 1.73 bits per heavy atom. The van der Waals surface area contributed by atoms with Crippen LogP contribution in [0, 0.1) is 0 Å². The fraction of sp³-hybridized carbons (Fsp3) is 0.300. The van der Waals surface area contributed by atoms with E-state index >= 15 is 0 Å². The molecule has 1 aliphatic rings. The minimum absolute atomic E-state index is 0.0216. The Morgan fingerprint density at radius 1 is 1.04 bits per heavy atom. The van der Waals surface area contributed by atoms with Gasteiger partial charge in [0.2, 0.25) is 11.8 Å². The highest BCUT2D eigenvalue weighted by Gasteiger charge is 2.31. The average molecular weight is 352 g/mol. The zero-order valence-electron chi connectivity index (χ0n) is 14.8. The SMILES string of the molecule is CC(=O)Nc1cccc(NC(=O)CN2C[C@@H](N)[C@H](c3ccccc3)C2)c1. The van der Waals surface area contributed by atoms with Gasteiger partial charge in [-0.2, -0.15) is 0 Å². The van der Waals surface area contributed by atoms with Gasteiger partial charge in [0.25, 0.3) is 0 Å². The average Bonchev–Trinajstić information content (AvgIpc) is 2.95. The zero-order valence-corrected chi connectivity index (χ0v) is 14.8. The molecule has 0 saturated carbocycles. The van der Waals surface area contributed by atoms with Crippen molar-refractivity contribution in [2.24, 2.45) is 5.73 Å². The van der Waals surface area contributed by atoms with Gasteiger partial charge in [-0.05, 0) is 23.8 Å². The third-order valence-electron chi connectivity index (χ3n) is 4.50. The van der Waals surface area contributed by atoms with E-state index in [2.05, 4.69) is 27.7 Å². The molecule has 2 aromatic rings. The Morgan fingerprint density at radius 3 is 2.42 bits per heavy atom. The van der Waals surface area contributed by atoms with Crippen LogP contribution in [0.25, 0.3) is 0 Å². The van der Waals surface area contributed by atoms with E-state index in [1.54, 1.807) is 24.3 Å². The highest BCUT2D eigenvalue weighted by molar-refractivity contribution is 5.94. The van der Waals surface area contributed by atoms with Gasteiger partial charge in [-0.3, -0.25) is 14.5 Å². The number of anilines is 2. The number of carbonyl (C=O) groups excluding carboxylic acids is 2. The maximum Gasteiger partial charge on any atom is 0.238 e. The van der Waals surface area contributed by atoms with Gasteiger partial charge >= 0.3 is 0 Å². The lowest BCUT2D eigenvalue weighted by Crippen LogP contribution is -2.33. The number of hydrogen-bond acceptors (Lipinski definition) is 4. The Labute approximate surface area is 153 Å². The Hall–Kier alpha value is -2.70. The van der Waals surface area contributed by atoms with E-state index in [9.17, 15) is 9.59 Å². The minimum Gasteiger partial charge on any atom is -0.326 e. The maximum absolute atomic E-state index is 12.4. The van der Waals surface area contributed by atoms with Gasteiger partial charge in [0.15, 0.2) is 0 Å². The second-order valence-electron chi connectivity index (χ2n) is 6.69. The van der Waals surface area contributed by atoms with Crippen molar-refractivity contribution in [3.05, 3.63) is 60.2 Å². The lowest BCUT2D eigenvalue weighted by Gasteiger charge is -2.16. The Balaban J connectivity index is 1.56. The molecule has 6 heteroatoms. The normalized spacial score (nSPS) is 19.9. The molecule has 4 N–H and O–H groups in total. The van der Waals surface area contributed by atoms with E-state index in [4.69, 9.17) is 5.73 Å². The molecule has 0 spiro atoms. The molecule has 136 valence electrons. The summed E-state index contributed by atoms with van der Waals surface area (Å²) in [6, 6.07) is 17.3. The van der Waals surface area contributed by atoms with E-state index in [-0.39, 0.29) is 23.8 Å². The first-order chi connectivity index (χ1) is 12.5. The number of rotatable bonds is 5. The zero-order chi connectivity index (χ0) is 18.5. The van der Waals surface area contributed by atoms with Crippen molar-refractivity contribution < 1.29 is 9.59 Å². The van der Waals surface area contributed by atoms with Crippen LogP contribution in [-0.4, -0.2) is 42.4 Å². The van der Waals surface area contributed by atoms with Gasteiger partial charge < -0.3 is 16.4 Å². The molecule has 1 saturated heterocycles. The molecule has 1 aliphatic heterocycles. The van der Waals surface area contributed by atoms with Crippen molar-refractivity contribution in [2.75, 3.05) is 30.3 Å². The summed E-state index contributed by atoms with van der Waals surface area (Å²) in [5.74, 6) is 0.00414. The number of nitrogens with zero attached hydrogens (tertiary/aromatic N) is 1. The second-order valence-corrected chi connectivity index (χ2v) is 6.69. The number of hydrogen-bond donors (Lipinski definition) is 3. The monoisotopic (exact) mass is 352 g/mol. The van der Waals surface area contributed by atoms with E-state index in [0.717, 1.165) is 6.54 Å². The predicted octanol–water partition coefficient (Wildman–Crippen LogP) is 2.01. The molecule has 0 aromatic heterocycles. The van der Waals surface area contributed by atoms with E-state index < -0.39 is 0 Å². The number of benzene rings is 2. The molecule has 0 aliphatic carbocycles. The summed E-state index contributed by atoms with van der Waals surface area (Å²) in [6.45, 7) is 3.20. The van der Waals surface area contributed by atoms with Crippen LogP contribution in [0.2, 0.25) is 0 Å². The van der Waals surface area contributed by atoms with Gasteiger partial charge in [0, 0.05) is 43.3 Å². The van der Waals surface area contributed by atoms with Crippen molar-refractivity contribution in [1.29, 1.82) is 0 Å². The molecule has 0 radical (unpaired) electrons. The third-order valence-corrected chi connectivity index (χ3v) is 4.50. The quantitative estimate of drug-likeness (QED) is 0.768. The first-order valence-electron chi connectivity index (χ1n) is 8.71. The van der Waals surface area contributed by atoms with Gasteiger partial charge in [0.1, 0.15) is 0 Å². The molecule has 1 heterocycles. The lowest BCUT2D eigenvalue weighted by molar-refractivity contribution is -0.117. The smallest absolute Gasteiger partial charge is 0.238 e. The van der Waals surface area contributed by atoms with Gasteiger partial charge in [-0.15, -0.1) is 0 Å². The van der Waals surface area contributed by atoms with Crippen LogP contribution in [0.15, 0.2) is 54.6 Å².